The number of aromatic nitrogens is 3. The summed E-state index contributed by atoms with van der Waals surface area (Å²) in [5.74, 6) is 1.05. The Balaban J connectivity index is 1.54. The smallest absolute Gasteiger partial charge is 0.314 e. The Labute approximate surface area is 177 Å². The van der Waals surface area contributed by atoms with Crippen LogP contribution in [0.3, 0.4) is 0 Å². The zero-order chi connectivity index (χ0) is 20.8. The molecule has 2 bridgehead atoms. The number of urea groups is 1. The third kappa shape index (κ3) is 3.91. The number of carbonyl (C=O) groups excluding carboxylic acids is 1. The number of amides is 2. The Morgan fingerprint density at radius 2 is 2.21 bits per heavy atom. The molecule has 3 unspecified atom stereocenters. The van der Waals surface area contributed by atoms with Crippen LogP contribution >= 0.6 is 11.6 Å². The molecule has 156 valence electrons. The molecule has 3 fully saturated rings. The molecule has 2 aromatic rings. The second-order valence-electron chi connectivity index (χ2n) is 8.14. The quantitative estimate of drug-likeness (QED) is 0.753. The van der Waals surface area contributed by atoms with E-state index in [2.05, 4.69) is 27.0 Å². The first-order valence-corrected chi connectivity index (χ1v) is 11.5. The van der Waals surface area contributed by atoms with Gasteiger partial charge >= 0.3 is 6.03 Å². The van der Waals surface area contributed by atoms with Crippen molar-refractivity contribution in [2.45, 2.75) is 37.8 Å². The Bertz CT molecular complexity index is 966. The van der Waals surface area contributed by atoms with Crippen molar-refractivity contribution in [1.82, 2.24) is 24.4 Å². The van der Waals surface area contributed by atoms with Crippen LogP contribution < -0.4 is 10.0 Å². The zero-order valence-electron chi connectivity index (χ0n) is 16.7. The third-order valence-electron chi connectivity index (χ3n) is 5.78. The van der Waals surface area contributed by atoms with Crippen molar-refractivity contribution in [2.24, 2.45) is 13.0 Å². The Hall–Kier alpha value is -1.97. The summed E-state index contributed by atoms with van der Waals surface area (Å²) in [7, 11) is 0.678. The summed E-state index contributed by atoms with van der Waals surface area (Å²) in [5, 5.41) is 7.82. The van der Waals surface area contributed by atoms with Crippen molar-refractivity contribution < 1.29 is 9.00 Å². The monoisotopic (exact) mass is 436 g/mol. The van der Waals surface area contributed by atoms with E-state index in [1.54, 1.807) is 42.5 Å². The number of benzene rings is 1. The number of nitrogens with zero attached hydrogens (tertiary/aromatic N) is 4. The van der Waals surface area contributed by atoms with Gasteiger partial charge in [0.1, 0.15) is 6.33 Å². The van der Waals surface area contributed by atoms with E-state index in [1.807, 2.05) is 4.90 Å². The average molecular weight is 437 g/mol. The Morgan fingerprint density at radius 1 is 1.41 bits per heavy atom. The molecule has 5 rings (SSSR count). The molecular formula is C19H25ClN6O2S. The molecule has 0 radical (unpaired) electrons. The molecule has 10 heteroatoms. The minimum atomic E-state index is -1.11. The maximum atomic E-state index is 13.1. The van der Waals surface area contributed by atoms with Crippen molar-refractivity contribution in [3.05, 3.63) is 29.5 Å². The molecule has 1 saturated carbocycles. The van der Waals surface area contributed by atoms with Gasteiger partial charge < -0.3 is 10.2 Å². The SMILES string of the molecule is CC1CC2C[C@](CNS(C)=O)(C1)N2C(=O)Nc1ccc(Cl)c(-c2ncn(C)n2)c1. The molecule has 29 heavy (non-hydrogen) atoms. The van der Waals surface area contributed by atoms with Gasteiger partial charge in [0.15, 0.2) is 5.82 Å². The second kappa shape index (κ2) is 7.70. The predicted octanol–water partition coefficient (Wildman–Crippen LogP) is 2.79. The fraction of sp³-hybridized carbons (Fsp3) is 0.526. The van der Waals surface area contributed by atoms with Crippen molar-refractivity contribution in [3.63, 3.8) is 0 Å². The van der Waals surface area contributed by atoms with E-state index in [4.69, 9.17) is 11.6 Å². The number of anilines is 1. The lowest BCUT2D eigenvalue weighted by Gasteiger charge is -2.63. The lowest BCUT2D eigenvalue weighted by molar-refractivity contribution is -0.0850. The van der Waals surface area contributed by atoms with Crippen LogP contribution in [0.4, 0.5) is 10.5 Å². The number of rotatable bonds is 5. The summed E-state index contributed by atoms with van der Waals surface area (Å²) in [6, 6.07) is 5.38. The number of hydrogen-bond donors (Lipinski definition) is 2. The van der Waals surface area contributed by atoms with Gasteiger partial charge in [0.05, 0.1) is 21.5 Å². The van der Waals surface area contributed by atoms with Gasteiger partial charge in [-0.05, 0) is 43.4 Å². The van der Waals surface area contributed by atoms with Crippen molar-refractivity contribution in [1.29, 1.82) is 0 Å². The fourth-order valence-electron chi connectivity index (χ4n) is 4.74. The van der Waals surface area contributed by atoms with E-state index in [0.717, 1.165) is 19.3 Å². The van der Waals surface area contributed by atoms with E-state index >= 15 is 0 Å². The van der Waals surface area contributed by atoms with E-state index in [-0.39, 0.29) is 17.6 Å². The molecule has 1 aliphatic carbocycles. The van der Waals surface area contributed by atoms with Crippen LogP contribution in [0.15, 0.2) is 24.5 Å². The highest BCUT2D eigenvalue weighted by Crippen LogP contribution is 2.49. The van der Waals surface area contributed by atoms with Crippen LogP contribution in [0.5, 0.6) is 0 Å². The van der Waals surface area contributed by atoms with E-state index in [0.29, 0.717) is 34.6 Å². The first kappa shape index (κ1) is 20.3. The lowest BCUT2D eigenvalue weighted by Crippen LogP contribution is -2.75. The van der Waals surface area contributed by atoms with Crippen LogP contribution in [0.25, 0.3) is 11.4 Å². The molecule has 2 amide bonds. The highest BCUT2D eigenvalue weighted by molar-refractivity contribution is 7.82. The standard InChI is InChI=1S/C19H25ClN6O2S/c1-12-6-14-9-19(8-12,10-22-29(3)28)26(14)18(27)23-13-4-5-16(20)15(7-13)17-21-11-25(2)24-17/h4-5,7,11-12,14,22H,6,8-10H2,1-3H3,(H,23,27)/t12?,14?,19-,29?/m0/s1. The maximum Gasteiger partial charge on any atom is 0.322 e. The molecule has 3 heterocycles. The minimum Gasteiger partial charge on any atom is -0.314 e. The molecule has 3 aliphatic rings. The molecular weight excluding hydrogens is 412 g/mol. The number of fused-ring (bicyclic) bond motifs is 2. The molecule has 1 aromatic carbocycles. The molecule has 1 aromatic heterocycles. The Morgan fingerprint density at radius 3 is 2.90 bits per heavy atom. The van der Waals surface area contributed by atoms with Gasteiger partial charge in [-0.15, -0.1) is 0 Å². The number of carbonyl (C=O) groups is 1. The first-order chi connectivity index (χ1) is 13.8. The molecule has 8 nitrogen and oxygen atoms in total. The number of aryl methyl sites for hydroxylation is 1. The van der Waals surface area contributed by atoms with Gasteiger partial charge in [0, 0.05) is 37.1 Å². The van der Waals surface area contributed by atoms with Crippen LogP contribution in [0.1, 0.15) is 26.2 Å². The normalized spacial score (nSPS) is 26.7. The average Bonchev–Trinajstić information content (AvgIpc) is 3.07. The summed E-state index contributed by atoms with van der Waals surface area (Å²) in [4.78, 5) is 19.3. The van der Waals surface area contributed by atoms with Gasteiger partial charge in [0.25, 0.3) is 0 Å². The van der Waals surface area contributed by atoms with Crippen LogP contribution in [0.2, 0.25) is 5.02 Å². The molecule has 0 spiro atoms. The predicted molar refractivity (Wildman–Crippen MR) is 114 cm³/mol. The largest absolute Gasteiger partial charge is 0.322 e. The van der Waals surface area contributed by atoms with Gasteiger partial charge in [-0.25, -0.2) is 18.7 Å². The topological polar surface area (TPSA) is 92.2 Å². The highest BCUT2D eigenvalue weighted by Gasteiger charge is 2.58. The maximum absolute atomic E-state index is 13.1. The molecule has 2 aliphatic heterocycles. The summed E-state index contributed by atoms with van der Waals surface area (Å²) in [6.07, 6.45) is 6.07. The lowest BCUT2D eigenvalue weighted by atomic mass is 9.64. The second-order valence-corrected chi connectivity index (χ2v) is 9.74. The highest BCUT2D eigenvalue weighted by atomic mass is 35.5. The molecule has 4 atom stereocenters. The van der Waals surface area contributed by atoms with Crippen molar-refractivity contribution in [3.8, 4) is 11.4 Å². The number of halogens is 1. The van der Waals surface area contributed by atoms with Gasteiger partial charge in [-0.1, -0.05) is 18.5 Å². The van der Waals surface area contributed by atoms with Gasteiger partial charge in [0.2, 0.25) is 0 Å². The third-order valence-corrected chi connectivity index (χ3v) is 6.66. The number of hydrogen-bond acceptors (Lipinski definition) is 4. The summed E-state index contributed by atoms with van der Waals surface area (Å²) < 4.78 is 16.2. The summed E-state index contributed by atoms with van der Waals surface area (Å²) in [5.41, 5.74) is 1.03. The van der Waals surface area contributed by atoms with Crippen molar-refractivity contribution in [2.75, 3.05) is 18.1 Å². The number of nitrogens with one attached hydrogen (secondary N) is 2. The van der Waals surface area contributed by atoms with Crippen LogP contribution in [-0.4, -0.2) is 54.3 Å². The van der Waals surface area contributed by atoms with E-state index < -0.39 is 11.0 Å². The summed E-state index contributed by atoms with van der Waals surface area (Å²) >= 11 is 6.32. The first-order valence-electron chi connectivity index (χ1n) is 9.60. The molecule has 2 saturated heterocycles. The number of piperidine rings is 1. The Kier molecular flexibility index (Phi) is 5.39. The van der Waals surface area contributed by atoms with Gasteiger partial charge in [-0.3, -0.25) is 4.68 Å². The minimum absolute atomic E-state index is 0.140. The van der Waals surface area contributed by atoms with Crippen LogP contribution in [-0.2, 0) is 18.0 Å². The van der Waals surface area contributed by atoms with Gasteiger partial charge in [-0.2, -0.15) is 5.10 Å². The zero-order valence-corrected chi connectivity index (χ0v) is 18.3. The fourth-order valence-corrected chi connectivity index (χ4v) is 5.41. The summed E-state index contributed by atoms with van der Waals surface area (Å²) in [6.45, 7) is 2.75. The van der Waals surface area contributed by atoms with Crippen molar-refractivity contribution >= 4 is 34.3 Å². The van der Waals surface area contributed by atoms with E-state index in [1.165, 1.54) is 0 Å². The van der Waals surface area contributed by atoms with E-state index in [9.17, 15) is 9.00 Å². The molecule has 2 N–H and O–H groups in total. The van der Waals surface area contributed by atoms with Crippen LogP contribution in [0, 0.1) is 5.92 Å².